The van der Waals surface area contributed by atoms with Crippen LogP contribution in [0.4, 0.5) is 13.2 Å². The normalized spacial score (nSPS) is 13.5. The quantitative estimate of drug-likeness (QED) is 0.808. The molecule has 2 nitrogen and oxygen atoms in total. The van der Waals surface area contributed by atoms with Gasteiger partial charge in [-0.2, -0.15) is 13.2 Å². The van der Waals surface area contributed by atoms with Gasteiger partial charge in [0, 0.05) is 5.56 Å². The average Bonchev–Trinajstić information content (AvgIpc) is 2.28. The molecule has 0 saturated heterocycles. The summed E-state index contributed by atoms with van der Waals surface area (Å²) in [5, 5.41) is 9.19. The molecule has 0 amide bonds. The molecule has 0 spiro atoms. The molecule has 0 fully saturated rings. The van der Waals surface area contributed by atoms with Crippen LogP contribution in [0.2, 0.25) is 0 Å². The summed E-state index contributed by atoms with van der Waals surface area (Å²) in [7, 11) is 0. The van der Waals surface area contributed by atoms with Crippen molar-refractivity contribution >= 4 is 0 Å². The number of unbranched alkanes of at least 4 members (excludes halogenated alkanes) is 1. The Morgan fingerprint density at radius 3 is 2.53 bits per heavy atom. The van der Waals surface area contributed by atoms with E-state index in [0.29, 0.717) is 6.61 Å². The molecule has 96 valence electrons. The van der Waals surface area contributed by atoms with Gasteiger partial charge in [0.2, 0.25) is 0 Å². The van der Waals surface area contributed by atoms with Gasteiger partial charge in [-0.05, 0) is 12.5 Å². The number of aliphatic hydroxyl groups is 1. The van der Waals surface area contributed by atoms with Crippen LogP contribution in [-0.4, -0.2) is 17.9 Å². The Kier molecular flexibility index (Phi) is 4.81. The van der Waals surface area contributed by atoms with Crippen LogP contribution in [-0.2, 0) is 0 Å². The first-order valence-corrected chi connectivity index (χ1v) is 5.43. The zero-order valence-electron chi connectivity index (χ0n) is 9.50. The molecule has 1 atom stereocenters. The van der Waals surface area contributed by atoms with E-state index in [1.165, 1.54) is 18.2 Å². The van der Waals surface area contributed by atoms with E-state index in [-0.39, 0.29) is 11.3 Å². The summed E-state index contributed by atoms with van der Waals surface area (Å²) in [6, 6.07) is 5.67. The van der Waals surface area contributed by atoms with Crippen LogP contribution in [0.15, 0.2) is 24.3 Å². The Morgan fingerprint density at radius 1 is 1.29 bits per heavy atom. The highest BCUT2D eigenvalue weighted by atomic mass is 19.4. The summed E-state index contributed by atoms with van der Waals surface area (Å²) >= 11 is 0. The summed E-state index contributed by atoms with van der Waals surface area (Å²) in [6.45, 7) is 2.30. The minimum absolute atomic E-state index is 0.0887. The van der Waals surface area contributed by atoms with Crippen molar-refractivity contribution in [1.82, 2.24) is 0 Å². The molecule has 17 heavy (non-hydrogen) atoms. The SMILES string of the molecule is CCCCOc1ccccc1C(O)C(F)(F)F. The highest BCUT2D eigenvalue weighted by molar-refractivity contribution is 5.35. The second-order valence-electron chi connectivity index (χ2n) is 3.68. The predicted octanol–water partition coefficient (Wildman–Crippen LogP) is 3.46. The van der Waals surface area contributed by atoms with E-state index in [1.54, 1.807) is 6.07 Å². The molecule has 1 aromatic carbocycles. The number of benzene rings is 1. The summed E-state index contributed by atoms with van der Waals surface area (Å²) in [5.41, 5.74) is -0.240. The maximum absolute atomic E-state index is 12.4. The molecule has 5 heteroatoms. The third-order valence-electron chi connectivity index (χ3n) is 2.28. The topological polar surface area (TPSA) is 29.5 Å². The van der Waals surface area contributed by atoms with E-state index < -0.39 is 12.3 Å². The molecule has 1 N–H and O–H groups in total. The Morgan fingerprint density at radius 2 is 1.94 bits per heavy atom. The van der Waals surface area contributed by atoms with Crippen molar-refractivity contribution in [1.29, 1.82) is 0 Å². The van der Waals surface area contributed by atoms with Crippen molar-refractivity contribution in [2.75, 3.05) is 6.61 Å². The van der Waals surface area contributed by atoms with Gasteiger partial charge in [-0.15, -0.1) is 0 Å². The lowest BCUT2D eigenvalue weighted by Gasteiger charge is -2.18. The molecule has 0 aliphatic heterocycles. The average molecular weight is 248 g/mol. The standard InChI is InChI=1S/C12H15F3O2/c1-2-3-8-17-10-7-5-4-6-9(10)11(16)12(13,14)15/h4-7,11,16H,2-3,8H2,1H3. The summed E-state index contributed by atoms with van der Waals surface area (Å²) in [4.78, 5) is 0. The minimum atomic E-state index is -4.68. The highest BCUT2D eigenvalue weighted by Gasteiger charge is 2.40. The number of alkyl halides is 3. The van der Waals surface area contributed by atoms with Crippen LogP contribution in [0.25, 0.3) is 0 Å². The maximum atomic E-state index is 12.4. The molecule has 0 radical (unpaired) electrons. The highest BCUT2D eigenvalue weighted by Crippen LogP contribution is 2.36. The number of rotatable bonds is 5. The van der Waals surface area contributed by atoms with Crippen LogP contribution in [0.1, 0.15) is 31.4 Å². The Bertz CT molecular complexity index is 350. The zero-order valence-corrected chi connectivity index (χ0v) is 9.50. The Labute approximate surface area is 98.0 Å². The first-order chi connectivity index (χ1) is 7.96. The van der Waals surface area contributed by atoms with E-state index in [4.69, 9.17) is 4.74 Å². The van der Waals surface area contributed by atoms with E-state index >= 15 is 0 Å². The Hall–Kier alpha value is -1.23. The fourth-order valence-electron chi connectivity index (χ4n) is 1.34. The first-order valence-electron chi connectivity index (χ1n) is 5.43. The number of aliphatic hydroxyl groups excluding tert-OH is 1. The molecule has 0 bridgehead atoms. The van der Waals surface area contributed by atoms with Crippen molar-refractivity contribution in [3.63, 3.8) is 0 Å². The largest absolute Gasteiger partial charge is 0.493 e. The van der Waals surface area contributed by atoms with Gasteiger partial charge in [0.25, 0.3) is 0 Å². The van der Waals surface area contributed by atoms with Gasteiger partial charge in [0.1, 0.15) is 5.75 Å². The smallest absolute Gasteiger partial charge is 0.418 e. The lowest BCUT2D eigenvalue weighted by molar-refractivity contribution is -0.207. The minimum Gasteiger partial charge on any atom is -0.493 e. The molecule has 0 aliphatic carbocycles. The monoisotopic (exact) mass is 248 g/mol. The van der Waals surface area contributed by atoms with Crippen molar-refractivity contribution < 1.29 is 23.0 Å². The summed E-state index contributed by atoms with van der Waals surface area (Å²) in [5.74, 6) is 0.0887. The van der Waals surface area contributed by atoms with Crippen molar-refractivity contribution in [3.8, 4) is 5.75 Å². The zero-order chi connectivity index (χ0) is 12.9. The third kappa shape index (κ3) is 3.93. The molecule has 0 heterocycles. The molecule has 1 aromatic rings. The summed E-state index contributed by atoms with van der Waals surface area (Å²) < 4.78 is 42.4. The second kappa shape index (κ2) is 5.91. The number of ether oxygens (including phenoxy) is 1. The van der Waals surface area contributed by atoms with Gasteiger partial charge >= 0.3 is 6.18 Å². The number of para-hydroxylation sites is 1. The molecule has 0 aliphatic rings. The lowest BCUT2D eigenvalue weighted by Crippen LogP contribution is -2.21. The number of hydrogen-bond acceptors (Lipinski definition) is 2. The molecule has 1 rings (SSSR count). The van der Waals surface area contributed by atoms with Crippen LogP contribution in [0.5, 0.6) is 5.75 Å². The summed E-state index contributed by atoms with van der Waals surface area (Å²) in [6.07, 6.45) is -5.52. The number of halogens is 3. The second-order valence-corrected chi connectivity index (χ2v) is 3.68. The van der Waals surface area contributed by atoms with E-state index in [2.05, 4.69) is 0 Å². The van der Waals surface area contributed by atoms with Gasteiger partial charge in [-0.3, -0.25) is 0 Å². The molecular formula is C12H15F3O2. The van der Waals surface area contributed by atoms with E-state index in [0.717, 1.165) is 12.8 Å². The Balaban J connectivity index is 2.84. The predicted molar refractivity (Wildman–Crippen MR) is 57.9 cm³/mol. The van der Waals surface area contributed by atoms with Crippen LogP contribution in [0, 0.1) is 0 Å². The van der Waals surface area contributed by atoms with Gasteiger partial charge in [0.15, 0.2) is 6.10 Å². The van der Waals surface area contributed by atoms with Crippen LogP contribution >= 0.6 is 0 Å². The van der Waals surface area contributed by atoms with Crippen molar-refractivity contribution in [2.24, 2.45) is 0 Å². The fourth-order valence-corrected chi connectivity index (χ4v) is 1.34. The van der Waals surface area contributed by atoms with Crippen LogP contribution < -0.4 is 4.74 Å². The van der Waals surface area contributed by atoms with Crippen LogP contribution in [0.3, 0.4) is 0 Å². The van der Waals surface area contributed by atoms with Gasteiger partial charge in [-0.25, -0.2) is 0 Å². The first kappa shape index (κ1) is 13.8. The van der Waals surface area contributed by atoms with Gasteiger partial charge in [0.05, 0.1) is 6.61 Å². The van der Waals surface area contributed by atoms with Gasteiger partial charge < -0.3 is 9.84 Å². The van der Waals surface area contributed by atoms with Crippen molar-refractivity contribution in [3.05, 3.63) is 29.8 Å². The van der Waals surface area contributed by atoms with E-state index in [1.807, 2.05) is 6.92 Å². The molecule has 1 unspecified atom stereocenters. The molecular weight excluding hydrogens is 233 g/mol. The van der Waals surface area contributed by atoms with Crippen molar-refractivity contribution in [2.45, 2.75) is 32.0 Å². The third-order valence-corrected chi connectivity index (χ3v) is 2.28. The fraction of sp³-hybridized carbons (Fsp3) is 0.500. The van der Waals surface area contributed by atoms with Gasteiger partial charge in [-0.1, -0.05) is 31.5 Å². The maximum Gasteiger partial charge on any atom is 0.418 e. The molecule has 0 saturated carbocycles. The lowest BCUT2D eigenvalue weighted by atomic mass is 10.1. The molecule has 0 aromatic heterocycles. The van der Waals surface area contributed by atoms with E-state index in [9.17, 15) is 18.3 Å². The number of hydrogen-bond donors (Lipinski definition) is 1.